The Bertz CT molecular complexity index is 1240. The van der Waals surface area contributed by atoms with Crippen LogP contribution in [0.5, 0.6) is 0 Å². The van der Waals surface area contributed by atoms with E-state index in [0.717, 1.165) is 0 Å². The van der Waals surface area contributed by atoms with E-state index in [4.69, 9.17) is 0 Å². The number of benzene rings is 3. The van der Waals surface area contributed by atoms with Gasteiger partial charge in [0.25, 0.3) is 10.0 Å². The maximum absolute atomic E-state index is 13.1. The first-order valence-electron chi connectivity index (χ1n) is 9.71. The molecule has 3 aromatic carbocycles. The number of nitrogens with one attached hydrogen (secondary N) is 3. The van der Waals surface area contributed by atoms with Crippen molar-refractivity contribution < 1.29 is 18.0 Å². The Morgan fingerprint density at radius 1 is 0.774 bits per heavy atom. The van der Waals surface area contributed by atoms with E-state index in [-0.39, 0.29) is 16.7 Å². The number of anilines is 3. The quantitative estimate of drug-likeness (QED) is 0.541. The number of hydrogen-bond acceptors (Lipinski definition) is 4. The van der Waals surface area contributed by atoms with Crippen LogP contribution in [0.2, 0.25) is 0 Å². The minimum Gasteiger partial charge on any atom is -0.326 e. The summed E-state index contributed by atoms with van der Waals surface area (Å²) in [6.45, 7) is 6.83. The van der Waals surface area contributed by atoms with Crippen molar-refractivity contribution in [2.45, 2.75) is 32.6 Å². The Morgan fingerprint density at radius 3 is 1.97 bits per heavy atom. The lowest BCUT2D eigenvalue weighted by Gasteiger charge is -2.18. The molecule has 162 valence electrons. The third kappa shape index (κ3) is 5.21. The molecule has 7 nitrogen and oxygen atoms in total. The number of sulfonamides is 1. The molecule has 8 heteroatoms. The van der Waals surface area contributed by atoms with Crippen molar-refractivity contribution in [3.8, 4) is 0 Å². The molecule has 0 aliphatic carbocycles. The number of hydrogen-bond donors (Lipinski definition) is 3. The van der Waals surface area contributed by atoms with Gasteiger partial charge in [0, 0.05) is 40.2 Å². The Balaban J connectivity index is 1.88. The van der Waals surface area contributed by atoms with E-state index in [1.807, 2.05) is 20.8 Å². The molecule has 2 amide bonds. The van der Waals surface area contributed by atoms with Gasteiger partial charge in [0.2, 0.25) is 11.8 Å². The molecule has 0 aliphatic rings. The van der Waals surface area contributed by atoms with E-state index in [1.54, 1.807) is 54.6 Å². The SMILES string of the molecule is CC(=O)Nc1cccc2c(S(=O)(=O)Nc3ccc(NC(=O)C(C)(C)C)cc3)cccc12. The molecule has 0 spiro atoms. The fraction of sp³-hybridized carbons (Fsp3) is 0.217. The minimum atomic E-state index is -3.89. The second kappa shape index (κ2) is 8.39. The van der Waals surface area contributed by atoms with Gasteiger partial charge < -0.3 is 10.6 Å². The number of carbonyl (C=O) groups is 2. The molecule has 0 aromatic heterocycles. The predicted octanol–water partition coefficient (Wildman–Crippen LogP) is 4.58. The summed E-state index contributed by atoms with van der Waals surface area (Å²) < 4.78 is 28.7. The lowest BCUT2D eigenvalue weighted by molar-refractivity contribution is -0.123. The second-order valence-corrected chi connectivity index (χ2v) is 9.88. The van der Waals surface area contributed by atoms with E-state index in [9.17, 15) is 18.0 Å². The van der Waals surface area contributed by atoms with Crippen molar-refractivity contribution in [3.05, 3.63) is 60.7 Å². The highest BCUT2D eigenvalue weighted by atomic mass is 32.2. The Morgan fingerprint density at radius 2 is 1.35 bits per heavy atom. The van der Waals surface area contributed by atoms with Gasteiger partial charge in [0.05, 0.1) is 4.90 Å². The van der Waals surface area contributed by atoms with Gasteiger partial charge >= 0.3 is 0 Å². The summed E-state index contributed by atoms with van der Waals surface area (Å²) in [5, 5.41) is 6.64. The first-order chi connectivity index (χ1) is 14.5. The van der Waals surface area contributed by atoms with Crippen molar-refractivity contribution in [2.75, 3.05) is 15.4 Å². The van der Waals surface area contributed by atoms with Gasteiger partial charge in [-0.05, 0) is 36.4 Å². The third-order valence-electron chi connectivity index (χ3n) is 4.56. The molecule has 0 unspecified atom stereocenters. The zero-order valence-corrected chi connectivity index (χ0v) is 18.6. The van der Waals surface area contributed by atoms with Crippen LogP contribution < -0.4 is 15.4 Å². The van der Waals surface area contributed by atoms with Crippen LogP contribution in [0.25, 0.3) is 10.8 Å². The summed E-state index contributed by atoms with van der Waals surface area (Å²) in [5.74, 6) is -0.371. The third-order valence-corrected chi connectivity index (χ3v) is 6.00. The average Bonchev–Trinajstić information content (AvgIpc) is 2.68. The number of rotatable bonds is 5. The van der Waals surface area contributed by atoms with Gasteiger partial charge in [-0.1, -0.05) is 45.0 Å². The maximum Gasteiger partial charge on any atom is 0.262 e. The fourth-order valence-electron chi connectivity index (χ4n) is 2.96. The molecule has 0 heterocycles. The van der Waals surface area contributed by atoms with E-state index in [0.29, 0.717) is 27.8 Å². The lowest BCUT2D eigenvalue weighted by Crippen LogP contribution is -2.27. The first kappa shape index (κ1) is 22.3. The van der Waals surface area contributed by atoms with Gasteiger partial charge in [-0.3, -0.25) is 14.3 Å². The van der Waals surface area contributed by atoms with Crippen molar-refractivity contribution in [3.63, 3.8) is 0 Å². The zero-order valence-electron chi connectivity index (χ0n) is 17.8. The van der Waals surface area contributed by atoms with Gasteiger partial charge in [-0.25, -0.2) is 8.42 Å². The van der Waals surface area contributed by atoms with Crippen LogP contribution in [0.1, 0.15) is 27.7 Å². The lowest BCUT2D eigenvalue weighted by atomic mass is 9.95. The van der Waals surface area contributed by atoms with Crippen LogP contribution in [0, 0.1) is 5.41 Å². The summed E-state index contributed by atoms with van der Waals surface area (Å²) in [7, 11) is -3.89. The van der Waals surface area contributed by atoms with E-state index in [1.165, 1.54) is 13.0 Å². The largest absolute Gasteiger partial charge is 0.326 e. The van der Waals surface area contributed by atoms with Gasteiger partial charge in [-0.15, -0.1) is 0 Å². The standard InChI is InChI=1S/C23H25N3O4S/c1-15(27)24-20-9-5-8-19-18(20)7-6-10-21(19)31(29,30)26-17-13-11-16(12-14-17)25-22(28)23(2,3)4/h5-14,26H,1-4H3,(H,24,27)(H,25,28). The maximum atomic E-state index is 13.1. The minimum absolute atomic E-state index is 0.0994. The molecule has 0 saturated carbocycles. The zero-order chi connectivity index (χ0) is 22.8. The number of fused-ring (bicyclic) bond motifs is 1. The monoisotopic (exact) mass is 439 g/mol. The predicted molar refractivity (Wildman–Crippen MR) is 124 cm³/mol. The van der Waals surface area contributed by atoms with Crippen molar-refractivity contribution in [1.29, 1.82) is 0 Å². The second-order valence-electron chi connectivity index (χ2n) is 8.23. The molecule has 0 saturated heterocycles. The highest BCUT2D eigenvalue weighted by Gasteiger charge is 2.21. The van der Waals surface area contributed by atoms with Gasteiger partial charge in [0.15, 0.2) is 0 Å². The summed E-state index contributed by atoms with van der Waals surface area (Å²) in [4.78, 5) is 23.7. The van der Waals surface area contributed by atoms with Crippen LogP contribution >= 0.6 is 0 Å². The molecule has 3 N–H and O–H groups in total. The van der Waals surface area contributed by atoms with Crippen molar-refractivity contribution >= 4 is 49.7 Å². The summed E-state index contributed by atoms with van der Waals surface area (Å²) >= 11 is 0. The average molecular weight is 440 g/mol. The molecular formula is C23H25N3O4S. The van der Waals surface area contributed by atoms with Crippen LogP contribution in [0.15, 0.2) is 65.6 Å². The Hall–Kier alpha value is -3.39. The Kier molecular flexibility index (Phi) is 6.03. The van der Waals surface area contributed by atoms with Gasteiger partial charge in [-0.2, -0.15) is 0 Å². The summed E-state index contributed by atoms with van der Waals surface area (Å²) in [5.41, 5.74) is 0.947. The topological polar surface area (TPSA) is 104 Å². The highest BCUT2D eigenvalue weighted by molar-refractivity contribution is 7.93. The normalized spacial score (nSPS) is 11.7. The fourth-order valence-corrected chi connectivity index (χ4v) is 4.25. The van der Waals surface area contributed by atoms with E-state index in [2.05, 4.69) is 15.4 Å². The molecule has 0 fully saturated rings. The smallest absolute Gasteiger partial charge is 0.262 e. The van der Waals surface area contributed by atoms with Crippen LogP contribution in [0.3, 0.4) is 0 Å². The molecular weight excluding hydrogens is 414 g/mol. The molecule has 0 atom stereocenters. The van der Waals surface area contributed by atoms with Crippen LogP contribution in [-0.4, -0.2) is 20.2 Å². The molecule has 0 radical (unpaired) electrons. The summed E-state index contributed by atoms with van der Waals surface area (Å²) in [6, 6.07) is 16.5. The van der Waals surface area contributed by atoms with Gasteiger partial charge in [0.1, 0.15) is 0 Å². The van der Waals surface area contributed by atoms with Crippen molar-refractivity contribution in [2.24, 2.45) is 5.41 Å². The molecule has 3 aromatic rings. The Labute approximate surface area is 181 Å². The van der Waals surface area contributed by atoms with Crippen molar-refractivity contribution in [1.82, 2.24) is 0 Å². The first-order valence-corrected chi connectivity index (χ1v) is 11.2. The van der Waals surface area contributed by atoms with E-state index >= 15 is 0 Å². The molecule has 0 bridgehead atoms. The van der Waals surface area contributed by atoms with Crippen LogP contribution in [-0.2, 0) is 19.6 Å². The summed E-state index contributed by atoms with van der Waals surface area (Å²) in [6.07, 6.45) is 0. The van der Waals surface area contributed by atoms with E-state index < -0.39 is 15.4 Å². The molecule has 3 rings (SSSR count). The highest BCUT2D eigenvalue weighted by Crippen LogP contribution is 2.30. The molecule has 31 heavy (non-hydrogen) atoms. The van der Waals surface area contributed by atoms with Crippen LogP contribution in [0.4, 0.5) is 17.1 Å². The number of carbonyl (C=O) groups excluding carboxylic acids is 2. The number of amides is 2. The molecule has 0 aliphatic heterocycles.